The minimum Gasteiger partial charge on any atom is -0.484 e. The topological polar surface area (TPSA) is 77.3 Å². The van der Waals surface area contributed by atoms with E-state index >= 15 is 0 Å². The van der Waals surface area contributed by atoms with E-state index in [2.05, 4.69) is 15.0 Å². The standard InChI is InChI=1S/C12H9ClF3N3O3S/c13-11-18-5-10(23-11)4-17-7-1-8(19(20)21)3-9(2-7)22-6-12(14,15)16/h1-3,5,17H,4,6H2. The van der Waals surface area contributed by atoms with E-state index < -0.39 is 17.7 Å². The molecule has 0 spiro atoms. The number of rotatable bonds is 6. The van der Waals surface area contributed by atoms with Crippen LogP contribution >= 0.6 is 22.9 Å². The van der Waals surface area contributed by atoms with E-state index in [1.807, 2.05) is 0 Å². The summed E-state index contributed by atoms with van der Waals surface area (Å²) in [7, 11) is 0. The minimum atomic E-state index is -4.53. The van der Waals surface area contributed by atoms with Crippen LogP contribution in [0.4, 0.5) is 24.5 Å². The highest BCUT2D eigenvalue weighted by Gasteiger charge is 2.28. The molecule has 2 aromatic rings. The fraction of sp³-hybridized carbons (Fsp3) is 0.250. The third kappa shape index (κ3) is 5.57. The molecule has 0 bridgehead atoms. The SMILES string of the molecule is O=[N+]([O-])c1cc(NCc2cnc(Cl)s2)cc(OCC(F)(F)F)c1. The van der Waals surface area contributed by atoms with Crippen molar-refractivity contribution in [1.29, 1.82) is 0 Å². The van der Waals surface area contributed by atoms with Crippen molar-refractivity contribution in [3.63, 3.8) is 0 Å². The van der Waals surface area contributed by atoms with Gasteiger partial charge < -0.3 is 10.1 Å². The van der Waals surface area contributed by atoms with Gasteiger partial charge in [-0.2, -0.15) is 13.2 Å². The summed E-state index contributed by atoms with van der Waals surface area (Å²) < 4.78 is 41.4. The molecular formula is C12H9ClF3N3O3S. The number of anilines is 1. The maximum Gasteiger partial charge on any atom is 0.422 e. The molecule has 1 heterocycles. The first kappa shape index (κ1) is 17.3. The van der Waals surface area contributed by atoms with Crippen molar-refractivity contribution in [2.45, 2.75) is 12.7 Å². The molecule has 23 heavy (non-hydrogen) atoms. The van der Waals surface area contributed by atoms with Gasteiger partial charge in [-0.15, -0.1) is 11.3 Å². The molecule has 1 aromatic heterocycles. The molecule has 6 nitrogen and oxygen atoms in total. The van der Waals surface area contributed by atoms with Crippen LogP contribution in [0.5, 0.6) is 5.75 Å². The lowest BCUT2D eigenvalue weighted by molar-refractivity contribution is -0.384. The zero-order valence-corrected chi connectivity index (χ0v) is 12.8. The lowest BCUT2D eigenvalue weighted by Crippen LogP contribution is -2.19. The molecule has 0 radical (unpaired) electrons. The van der Waals surface area contributed by atoms with E-state index in [1.165, 1.54) is 29.7 Å². The van der Waals surface area contributed by atoms with Gasteiger partial charge in [0.2, 0.25) is 0 Å². The molecule has 0 aliphatic carbocycles. The summed E-state index contributed by atoms with van der Waals surface area (Å²) in [6.07, 6.45) is -3.00. The molecule has 0 atom stereocenters. The highest BCUT2D eigenvalue weighted by Crippen LogP contribution is 2.28. The average molecular weight is 368 g/mol. The summed E-state index contributed by atoms with van der Waals surface area (Å²) in [4.78, 5) is 14.7. The van der Waals surface area contributed by atoms with Crippen LogP contribution in [0.25, 0.3) is 0 Å². The second kappa shape index (κ2) is 7.01. The Bertz CT molecular complexity index is 708. The van der Waals surface area contributed by atoms with Crippen LogP contribution in [-0.2, 0) is 6.54 Å². The van der Waals surface area contributed by atoms with Crippen LogP contribution in [0.2, 0.25) is 4.47 Å². The van der Waals surface area contributed by atoms with Gasteiger partial charge in [-0.05, 0) is 0 Å². The monoisotopic (exact) mass is 367 g/mol. The fourth-order valence-corrected chi connectivity index (χ4v) is 2.51. The zero-order chi connectivity index (χ0) is 17.0. The number of alkyl halides is 3. The molecule has 0 aliphatic rings. The van der Waals surface area contributed by atoms with Crippen LogP contribution in [0.15, 0.2) is 24.4 Å². The van der Waals surface area contributed by atoms with Crippen molar-refractivity contribution >= 4 is 34.3 Å². The lowest BCUT2D eigenvalue weighted by Gasteiger charge is -2.11. The van der Waals surface area contributed by atoms with Crippen LogP contribution in [0, 0.1) is 10.1 Å². The number of halogens is 4. The van der Waals surface area contributed by atoms with Crippen LogP contribution in [0.3, 0.4) is 0 Å². The Labute approximate surface area is 137 Å². The molecule has 0 amide bonds. The first-order valence-electron chi connectivity index (χ1n) is 6.06. The van der Waals surface area contributed by atoms with Gasteiger partial charge in [0.25, 0.3) is 5.69 Å². The van der Waals surface area contributed by atoms with Gasteiger partial charge in [0, 0.05) is 28.9 Å². The number of ether oxygens (including phenoxy) is 1. The number of non-ortho nitro benzene ring substituents is 1. The number of nitrogens with one attached hydrogen (secondary N) is 1. The third-order valence-electron chi connectivity index (χ3n) is 2.50. The maximum absolute atomic E-state index is 12.2. The predicted molar refractivity (Wildman–Crippen MR) is 79.1 cm³/mol. The summed E-state index contributed by atoms with van der Waals surface area (Å²) >= 11 is 6.90. The summed E-state index contributed by atoms with van der Waals surface area (Å²) in [6, 6.07) is 3.38. The number of hydrogen-bond donors (Lipinski definition) is 1. The first-order valence-corrected chi connectivity index (χ1v) is 7.25. The van der Waals surface area contributed by atoms with Crippen molar-refractivity contribution in [2.24, 2.45) is 0 Å². The van der Waals surface area contributed by atoms with Gasteiger partial charge in [-0.1, -0.05) is 11.6 Å². The third-order valence-corrected chi connectivity index (χ3v) is 3.61. The van der Waals surface area contributed by atoms with Crippen molar-refractivity contribution in [2.75, 3.05) is 11.9 Å². The molecule has 2 rings (SSSR count). The molecule has 1 aromatic carbocycles. The van der Waals surface area contributed by atoms with Gasteiger partial charge in [0.15, 0.2) is 11.1 Å². The molecule has 11 heteroatoms. The molecule has 0 saturated carbocycles. The van der Waals surface area contributed by atoms with Gasteiger partial charge in [-0.25, -0.2) is 4.98 Å². The fourth-order valence-electron chi connectivity index (χ4n) is 1.59. The highest BCUT2D eigenvalue weighted by molar-refractivity contribution is 7.15. The van der Waals surface area contributed by atoms with E-state index in [0.717, 1.165) is 10.9 Å². The Kier molecular flexibility index (Phi) is 5.26. The van der Waals surface area contributed by atoms with Gasteiger partial charge in [-0.3, -0.25) is 10.1 Å². The van der Waals surface area contributed by atoms with Crippen molar-refractivity contribution in [3.8, 4) is 5.75 Å². The molecule has 0 aliphatic heterocycles. The Balaban J connectivity index is 2.13. The van der Waals surface area contributed by atoms with Crippen LogP contribution in [-0.4, -0.2) is 22.7 Å². The number of benzene rings is 1. The van der Waals surface area contributed by atoms with E-state index in [-0.39, 0.29) is 23.7 Å². The maximum atomic E-state index is 12.2. The van der Waals surface area contributed by atoms with Gasteiger partial charge >= 0.3 is 6.18 Å². The van der Waals surface area contributed by atoms with E-state index in [4.69, 9.17) is 11.6 Å². The lowest BCUT2D eigenvalue weighted by atomic mass is 10.2. The predicted octanol–water partition coefficient (Wildman–Crippen LogP) is 4.26. The van der Waals surface area contributed by atoms with Gasteiger partial charge in [0.1, 0.15) is 5.75 Å². The number of nitro groups is 1. The molecular weight excluding hydrogens is 359 g/mol. The van der Waals surface area contributed by atoms with Crippen molar-refractivity contribution in [1.82, 2.24) is 4.98 Å². The first-order chi connectivity index (χ1) is 10.7. The number of thiazole rings is 1. The second-order valence-electron chi connectivity index (χ2n) is 4.31. The van der Waals surface area contributed by atoms with E-state index in [9.17, 15) is 23.3 Å². The normalized spacial score (nSPS) is 11.3. The smallest absolute Gasteiger partial charge is 0.422 e. The molecule has 124 valence electrons. The molecule has 0 fully saturated rings. The molecule has 1 N–H and O–H groups in total. The number of hydrogen-bond acceptors (Lipinski definition) is 6. The zero-order valence-electron chi connectivity index (χ0n) is 11.3. The van der Waals surface area contributed by atoms with Gasteiger partial charge in [0.05, 0.1) is 17.5 Å². The Morgan fingerprint density at radius 3 is 2.70 bits per heavy atom. The van der Waals surface area contributed by atoms with E-state index in [1.54, 1.807) is 0 Å². The largest absolute Gasteiger partial charge is 0.484 e. The van der Waals surface area contributed by atoms with Crippen molar-refractivity contribution in [3.05, 3.63) is 43.9 Å². The summed E-state index contributed by atoms with van der Waals surface area (Å²) in [5, 5.41) is 13.7. The quantitative estimate of drug-likeness (QED) is 0.609. The number of nitro benzene ring substituents is 1. The number of nitrogens with zero attached hydrogens (tertiary/aromatic N) is 2. The second-order valence-corrected chi connectivity index (χ2v) is 6.01. The Morgan fingerprint density at radius 2 is 2.13 bits per heavy atom. The van der Waals surface area contributed by atoms with Crippen LogP contribution in [0.1, 0.15) is 4.88 Å². The average Bonchev–Trinajstić information content (AvgIpc) is 2.88. The van der Waals surface area contributed by atoms with Crippen molar-refractivity contribution < 1.29 is 22.8 Å². The minimum absolute atomic E-state index is 0.249. The summed E-state index contributed by atoms with van der Waals surface area (Å²) in [5.41, 5.74) is -0.129. The summed E-state index contributed by atoms with van der Waals surface area (Å²) in [6.45, 7) is -1.26. The molecule has 0 saturated heterocycles. The Hall–Kier alpha value is -2.07. The molecule has 0 unspecified atom stereocenters. The number of aromatic nitrogens is 1. The highest BCUT2D eigenvalue weighted by atomic mass is 35.5. The van der Waals surface area contributed by atoms with Crippen LogP contribution < -0.4 is 10.1 Å². The summed E-state index contributed by atoms with van der Waals surface area (Å²) in [5.74, 6) is -0.249. The van der Waals surface area contributed by atoms with E-state index in [0.29, 0.717) is 4.47 Å². The Morgan fingerprint density at radius 1 is 1.39 bits per heavy atom.